The van der Waals surface area contributed by atoms with Crippen molar-refractivity contribution in [2.24, 2.45) is 27.2 Å². The van der Waals surface area contributed by atoms with E-state index in [1.807, 2.05) is 24.3 Å². The molecule has 0 unspecified atom stereocenters. The van der Waals surface area contributed by atoms with Crippen LogP contribution in [0.4, 0.5) is 5.69 Å². The first-order valence-electron chi connectivity index (χ1n) is 8.02. The van der Waals surface area contributed by atoms with Crippen LogP contribution in [0.1, 0.15) is 25.7 Å². The molecular formula is C16H26N6O. The van der Waals surface area contributed by atoms with Gasteiger partial charge in [-0.1, -0.05) is 12.8 Å². The van der Waals surface area contributed by atoms with Gasteiger partial charge in [0.25, 0.3) is 0 Å². The zero-order valence-electron chi connectivity index (χ0n) is 13.4. The van der Waals surface area contributed by atoms with Gasteiger partial charge in [-0.3, -0.25) is 4.90 Å². The highest BCUT2D eigenvalue weighted by molar-refractivity contribution is 5.93. The zero-order chi connectivity index (χ0) is 16.5. The molecule has 23 heavy (non-hydrogen) atoms. The molecule has 1 aliphatic rings. The maximum Gasteiger partial charge on any atom is 0.223 e. The molecule has 126 valence electrons. The maximum atomic E-state index is 5.79. The Kier molecular flexibility index (Phi) is 6.68. The molecule has 0 bridgehead atoms. The van der Waals surface area contributed by atoms with Crippen molar-refractivity contribution in [2.75, 3.05) is 26.2 Å². The van der Waals surface area contributed by atoms with Gasteiger partial charge in [-0.05, 0) is 50.2 Å². The van der Waals surface area contributed by atoms with E-state index >= 15 is 0 Å². The van der Waals surface area contributed by atoms with E-state index in [2.05, 4.69) is 14.9 Å². The maximum absolute atomic E-state index is 5.79. The summed E-state index contributed by atoms with van der Waals surface area (Å²) in [4.78, 5) is 10.2. The van der Waals surface area contributed by atoms with Gasteiger partial charge < -0.3 is 21.9 Å². The van der Waals surface area contributed by atoms with Gasteiger partial charge in [-0.15, -0.1) is 0 Å². The predicted molar refractivity (Wildman–Crippen MR) is 93.9 cm³/mol. The molecule has 0 saturated carbocycles. The van der Waals surface area contributed by atoms with Crippen LogP contribution < -0.4 is 21.9 Å². The lowest BCUT2D eigenvalue weighted by Crippen LogP contribution is -2.29. The summed E-state index contributed by atoms with van der Waals surface area (Å²) >= 11 is 0. The van der Waals surface area contributed by atoms with Crippen LogP contribution in [0.3, 0.4) is 0 Å². The van der Waals surface area contributed by atoms with Crippen molar-refractivity contribution in [2.45, 2.75) is 25.7 Å². The van der Waals surface area contributed by atoms with Crippen molar-refractivity contribution in [3.05, 3.63) is 24.3 Å². The summed E-state index contributed by atoms with van der Waals surface area (Å²) in [5.74, 6) is 0.735. The molecule has 1 saturated heterocycles. The van der Waals surface area contributed by atoms with Crippen molar-refractivity contribution >= 4 is 17.6 Å². The second-order valence-corrected chi connectivity index (χ2v) is 5.60. The SMILES string of the molecule is NC(N)=NC(N)=Nc1ccc(OCCN2CCCCCC2)cc1. The third-order valence-corrected chi connectivity index (χ3v) is 3.70. The van der Waals surface area contributed by atoms with Gasteiger partial charge in [0, 0.05) is 6.54 Å². The van der Waals surface area contributed by atoms with Crippen LogP contribution in [0, 0.1) is 0 Å². The minimum absolute atomic E-state index is 0.0276. The fourth-order valence-electron chi connectivity index (χ4n) is 2.56. The standard InChI is InChI=1S/C16H26N6O/c17-15(18)21-16(19)20-13-5-7-14(8-6-13)23-12-11-22-9-3-1-2-4-10-22/h5-8H,1-4,9-12H2,(H6,17,18,19,20,21). The molecule has 0 aliphatic carbocycles. The van der Waals surface area contributed by atoms with Crippen LogP contribution in [-0.4, -0.2) is 43.1 Å². The third kappa shape index (κ3) is 6.56. The number of guanidine groups is 2. The van der Waals surface area contributed by atoms with Gasteiger partial charge in [-0.2, -0.15) is 4.99 Å². The Bertz CT molecular complexity index is 528. The number of nitrogens with two attached hydrogens (primary N) is 3. The minimum Gasteiger partial charge on any atom is -0.492 e. The lowest BCUT2D eigenvalue weighted by atomic mass is 10.2. The Morgan fingerprint density at radius 3 is 2.26 bits per heavy atom. The average molecular weight is 318 g/mol. The van der Waals surface area contributed by atoms with E-state index in [-0.39, 0.29) is 11.9 Å². The van der Waals surface area contributed by atoms with Crippen molar-refractivity contribution in [3.63, 3.8) is 0 Å². The van der Waals surface area contributed by atoms with Gasteiger partial charge in [0.2, 0.25) is 5.96 Å². The molecule has 1 fully saturated rings. The Labute approximate surface area is 137 Å². The summed E-state index contributed by atoms with van der Waals surface area (Å²) in [5.41, 5.74) is 16.7. The van der Waals surface area contributed by atoms with Crippen molar-refractivity contribution in [1.29, 1.82) is 0 Å². The second-order valence-electron chi connectivity index (χ2n) is 5.60. The van der Waals surface area contributed by atoms with E-state index in [1.165, 1.54) is 38.8 Å². The number of ether oxygens (including phenoxy) is 1. The van der Waals surface area contributed by atoms with Crippen LogP contribution in [0.25, 0.3) is 0 Å². The highest BCUT2D eigenvalue weighted by atomic mass is 16.5. The topological polar surface area (TPSA) is 115 Å². The van der Waals surface area contributed by atoms with E-state index in [0.29, 0.717) is 12.3 Å². The van der Waals surface area contributed by atoms with E-state index < -0.39 is 0 Å². The molecule has 0 radical (unpaired) electrons. The van der Waals surface area contributed by atoms with Crippen LogP contribution in [0.15, 0.2) is 34.3 Å². The van der Waals surface area contributed by atoms with E-state index in [1.54, 1.807) is 0 Å². The van der Waals surface area contributed by atoms with Crippen molar-refractivity contribution in [1.82, 2.24) is 4.90 Å². The number of nitrogens with zero attached hydrogens (tertiary/aromatic N) is 3. The lowest BCUT2D eigenvalue weighted by molar-refractivity contribution is 0.214. The summed E-state index contributed by atoms with van der Waals surface area (Å²) in [6, 6.07) is 7.36. The Balaban J connectivity index is 1.79. The zero-order valence-corrected chi connectivity index (χ0v) is 13.4. The Morgan fingerprint density at radius 1 is 1.00 bits per heavy atom. The Hall–Kier alpha value is -2.28. The van der Waals surface area contributed by atoms with Gasteiger partial charge in [-0.25, -0.2) is 4.99 Å². The van der Waals surface area contributed by atoms with E-state index in [4.69, 9.17) is 21.9 Å². The molecule has 0 spiro atoms. The van der Waals surface area contributed by atoms with E-state index in [0.717, 1.165) is 12.3 Å². The molecule has 1 aromatic carbocycles. The van der Waals surface area contributed by atoms with Gasteiger partial charge in [0.05, 0.1) is 5.69 Å². The van der Waals surface area contributed by atoms with Crippen LogP contribution in [-0.2, 0) is 0 Å². The lowest BCUT2D eigenvalue weighted by Gasteiger charge is -2.19. The molecule has 0 atom stereocenters. The number of hydrogen-bond acceptors (Lipinski definition) is 3. The number of aliphatic imine (C=N–C) groups is 2. The van der Waals surface area contributed by atoms with Crippen LogP contribution in [0.2, 0.25) is 0 Å². The van der Waals surface area contributed by atoms with Gasteiger partial charge in [0.1, 0.15) is 12.4 Å². The number of likely N-dealkylation sites (tertiary alicyclic amines) is 1. The largest absolute Gasteiger partial charge is 0.492 e. The molecule has 6 N–H and O–H groups in total. The monoisotopic (exact) mass is 318 g/mol. The molecule has 7 heteroatoms. The average Bonchev–Trinajstić information content (AvgIpc) is 2.77. The van der Waals surface area contributed by atoms with Crippen molar-refractivity contribution < 1.29 is 4.74 Å². The predicted octanol–water partition coefficient (Wildman–Crippen LogP) is 1.16. The molecular weight excluding hydrogens is 292 g/mol. The molecule has 1 aliphatic heterocycles. The molecule has 0 amide bonds. The van der Waals surface area contributed by atoms with Gasteiger partial charge >= 0.3 is 0 Å². The number of hydrogen-bond donors (Lipinski definition) is 3. The smallest absolute Gasteiger partial charge is 0.223 e. The highest BCUT2D eigenvalue weighted by Crippen LogP contribution is 2.18. The Morgan fingerprint density at radius 2 is 1.65 bits per heavy atom. The van der Waals surface area contributed by atoms with Crippen molar-refractivity contribution in [3.8, 4) is 5.75 Å². The van der Waals surface area contributed by atoms with Gasteiger partial charge in [0.15, 0.2) is 5.96 Å². The second kappa shape index (κ2) is 8.99. The van der Waals surface area contributed by atoms with Crippen LogP contribution in [0.5, 0.6) is 5.75 Å². The molecule has 0 aromatic heterocycles. The third-order valence-electron chi connectivity index (χ3n) is 3.70. The first-order valence-corrected chi connectivity index (χ1v) is 8.02. The highest BCUT2D eigenvalue weighted by Gasteiger charge is 2.08. The van der Waals surface area contributed by atoms with Crippen LogP contribution >= 0.6 is 0 Å². The normalized spacial score (nSPS) is 16.6. The molecule has 1 heterocycles. The summed E-state index contributed by atoms with van der Waals surface area (Å²) in [6.45, 7) is 4.03. The summed E-state index contributed by atoms with van der Waals surface area (Å²) < 4.78 is 5.79. The quantitative estimate of drug-likeness (QED) is 0.556. The first kappa shape index (κ1) is 17.1. The molecule has 7 nitrogen and oxygen atoms in total. The summed E-state index contributed by atoms with van der Waals surface area (Å²) in [5, 5.41) is 0. The first-order chi connectivity index (χ1) is 11.1. The number of rotatable bonds is 5. The van der Waals surface area contributed by atoms with E-state index in [9.17, 15) is 0 Å². The summed E-state index contributed by atoms with van der Waals surface area (Å²) in [6.07, 6.45) is 5.29. The fourth-order valence-corrected chi connectivity index (χ4v) is 2.56. The molecule has 2 rings (SSSR count). The summed E-state index contributed by atoms with van der Waals surface area (Å²) in [7, 11) is 0. The molecule has 1 aromatic rings. The number of benzene rings is 1. The minimum atomic E-state index is -0.111. The fraction of sp³-hybridized carbons (Fsp3) is 0.500.